The number of primary amides is 1. The monoisotopic (exact) mass is 221 g/mol. The van der Waals surface area contributed by atoms with Crippen LogP contribution in [0.3, 0.4) is 0 Å². The Morgan fingerprint density at radius 3 is 2.50 bits per heavy atom. The second-order valence-electron chi connectivity index (χ2n) is 4.08. The molecule has 1 rings (SSSR count). The summed E-state index contributed by atoms with van der Waals surface area (Å²) in [5, 5.41) is 0. The zero-order valence-corrected chi connectivity index (χ0v) is 9.81. The molecule has 4 N–H and O–H groups in total. The summed E-state index contributed by atoms with van der Waals surface area (Å²) in [5.74, 6) is -0.384. The Balaban J connectivity index is 2.91. The van der Waals surface area contributed by atoms with Crippen molar-refractivity contribution in [2.24, 2.45) is 11.5 Å². The average Bonchev–Trinajstić information content (AvgIpc) is 2.25. The van der Waals surface area contributed by atoms with Crippen LogP contribution in [0, 0.1) is 0 Å². The van der Waals surface area contributed by atoms with Gasteiger partial charge in [0.15, 0.2) is 0 Å². The lowest BCUT2D eigenvalue weighted by Gasteiger charge is -2.23. The highest BCUT2D eigenvalue weighted by atomic mass is 16.1. The first-order valence-electron chi connectivity index (χ1n) is 5.30. The third-order valence-electron chi connectivity index (χ3n) is 2.74. The minimum Gasteiger partial charge on any atom is -0.366 e. The van der Waals surface area contributed by atoms with Crippen molar-refractivity contribution in [3.8, 4) is 0 Å². The van der Waals surface area contributed by atoms with Gasteiger partial charge in [-0.15, -0.1) is 0 Å². The van der Waals surface area contributed by atoms with E-state index in [1.165, 1.54) is 0 Å². The lowest BCUT2D eigenvalue weighted by molar-refractivity contribution is 0.0999. The predicted octanol–water partition coefficient (Wildman–Crippen LogP) is 0.217. The van der Waals surface area contributed by atoms with Crippen molar-refractivity contribution in [2.75, 3.05) is 20.6 Å². The molecule has 0 bridgehead atoms. The molecular formula is C12H19N3O. The number of benzene rings is 1. The molecule has 0 saturated heterocycles. The van der Waals surface area contributed by atoms with Gasteiger partial charge < -0.3 is 16.4 Å². The smallest absolute Gasteiger partial charge is 0.248 e. The Bertz CT molecular complexity index is 363. The average molecular weight is 221 g/mol. The van der Waals surface area contributed by atoms with Crippen LogP contribution < -0.4 is 11.5 Å². The molecule has 1 atom stereocenters. The molecule has 0 aliphatic heterocycles. The first-order valence-corrected chi connectivity index (χ1v) is 5.30. The minimum absolute atomic E-state index is 0.223. The molecule has 0 radical (unpaired) electrons. The summed E-state index contributed by atoms with van der Waals surface area (Å²) >= 11 is 0. The number of nitrogens with zero attached hydrogens (tertiary/aromatic N) is 1. The first-order chi connectivity index (χ1) is 7.56. The van der Waals surface area contributed by atoms with E-state index < -0.39 is 0 Å². The van der Waals surface area contributed by atoms with Crippen molar-refractivity contribution in [1.29, 1.82) is 0 Å². The number of rotatable bonds is 5. The van der Waals surface area contributed by atoms with E-state index in [1.54, 1.807) is 6.07 Å². The maximum atomic E-state index is 11.2. The fourth-order valence-electron chi connectivity index (χ4n) is 1.67. The number of amides is 1. The van der Waals surface area contributed by atoms with Gasteiger partial charge in [-0.05, 0) is 32.1 Å². The SMILES string of the molecule is CN(C)C(CN)Cc1ccccc1C(N)=O. The zero-order valence-electron chi connectivity index (χ0n) is 9.81. The molecule has 1 aromatic carbocycles. The van der Waals surface area contributed by atoms with E-state index in [9.17, 15) is 4.79 Å². The Kier molecular flexibility index (Phi) is 4.46. The van der Waals surface area contributed by atoms with Gasteiger partial charge in [-0.1, -0.05) is 18.2 Å². The largest absolute Gasteiger partial charge is 0.366 e. The van der Waals surface area contributed by atoms with Gasteiger partial charge in [0.1, 0.15) is 0 Å². The molecule has 1 unspecified atom stereocenters. The molecule has 16 heavy (non-hydrogen) atoms. The Morgan fingerprint density at radius 2 is 2.00 bits per heavy atom. The minimum atomic E-state index is -0.384. The van der Waals surface area contributed by atoms with Crippen molar-refractivity contribution in [3.05, 3.63) is 35.4 Å². The lowest BCUT2D eigenvalue weighted by Crippen LogP contribution is -2.37. The molecule has 0 aliphatic rings. The van der Waals surface area contributed by atoms with Crippen LogP contribution in [0.2, 0.25) is 0 Å². The standard InChI is InChI=1S/C12H19N3O/c1-15(2)10(8-13)7-9-5-3-4-6-11(9)12(14)16/h3-6,10H,7-8,13H2,1-2H3,(H2,14,16). The number of likely N-dealkylation sites (N-methyl/N-ethyl adjacent to an activating group) is 1. The second kappa shape index (κ2) is 5.63. The van der Waals surface area contributed by atoms with Crippen LogP contribution in [0.25, 0.3) is 0 Å². The fourth-order valence-corrected chi connectivity index (χ4v) is 1.67. The van der Waals surface area contributed by atoms with Gasteiger partial charge in [0.05, 0.1) is 0 Å². The summed E-state index contributed by atoms with van der Waals surface area (Å²) in [4.78, 5) is 13.3. The Labute approximate surface area is 96.2 Å². The molecular weight excluding hydrogens is 202 g/mol. The third kappa shape index (κ3) is 3.05. The van der Waals surface area contributed by atoms with Crippen molar-refractivity contribution in [2.45, 2.75) is 12.5 Å². The first kappa shape index (κ1) is 12.7. The normalized spacial score (nSPS) is 12.8. The molecule has 4 nitrogen and oxygen atoms in total. The van der Waals surface area contributed by atoms with Gasteiger partial charge in [-0.25, -0.2) is 0 Å². The summed E-state index contributed by atoms with van der Waals surface area (Å²) in [5.41, 5.74) is 12.6. The molecule has 0 saturated carbocycles. The van der Waals surface area contributed by atoms with E-state index in [-0.39, 0.29) is 11.9 Å². The number of hydrogen-bond acceptors (Lipinski definition) is 3. The maximum Gasteiger partial charge on any atom is 0.248 e. The zero-order chi connectivity index (χ0) is 12.1. The van der Waals surface area contributed by atoms with Crippen molar-refractivity contribution in [1.82, 2.24) is 4.90 Å². The Morgan fingerprint density at radius 1 is 1.38 bits per heavy atom. The van der Waals surface area contributed by atoms with Gasteiger partial charge in [-0.2, -0.15) is 0 Å². The number of carbonyl (C=O) groups is 1. The molecule has 0 heterocycles. The fraction of sp³-hybridized carbons (Fsp3) is 0.417. The van der Waals surface area contributed by atoms with Gasteiger partial charge >= 0.3 is 0 Å². The van der Waals surface area contributed by atoms with Crippen LogP contribution in [0.15, 0.2) is 24.3 Å². The van der Waals surface area contributed by atoms with Crippen LogP contribution in [-0.4, -0.2) is 37.5 Å². The van der Waals surface area contributed by atoms with Gasteiger partial charge in [0, 0.05) is 18.2 Å². The molecule has 0 spiro atoms. The summed E-state index contributed by atoms with van der Waals surface area (Å²) in [6, 6.07) is 7.62. The van der Waals surface area contributed by atoms with Crippen LogP contribution in [-0.2, 0) is 6.42 Å². The van der Waals surface area contributed by atoms with E-state index in [1.807, 2.05) is 32.3 Å². The van der Waals surface area contributed by atoms with Crippen LogP contribution in [0.4, 0.5) is 0 Å². The predicted molar refractivity (Wildman–Crippen MR) is 65.2 cm³/mol. The van der Waals surface area contributed by atoms with Crippen LogP contribution >= 0.6 is 0 Å². The second-order valence-corrected chi connectivity index (χ2v) is 4.08. The topological polar surface area (TPSA) is 72.3 Å². The quantitative estimate of drug-likeness (QED) is 0.747. The molecule has 0 aliphatic carbocycles. The van der Waals surface area contributed by atoms with Crippen LogP contribution in [0.5, 0.6) is 0 Å². The van der Waals surface area contributed by atoms with Gasteiger partial charge in [-0.3, -0.25) is 4.79 Å². The highest BCUT2D eigenvalue weighted by Crippen LogP contribution is 2.12. The van der Waals surface area contributed by atoms with E-state index in [0.29, 0.717) is 12.1 Å². The molecule has 4 heteroatoms. The van der Waals surface area contributed by atoms with E-state index in [2.05, 4.69) is 4.90 Å². The molecule has 1 aromatic rings. The summed E-state index contributed by atoms with van der Waals surface area (Å²) < 4.78 is 0. The van der Waals surface area contributed by atoms with Crippen molar-refractivity contribution >= 4 is 5.91 Å². The highest BCUT2D eigenvalue weighted by Gasteiger charge is 2.14. The van der Waals surface area contributed by atoms with Crippen molar-refractivity contribution in [3.63, 3.8) is 0 Å². The van der Waals surface area contributed by atoms with E-state index in [0.717, 1.165) is 12.0 Å². The summed E-state index contributed by atoms with van der Waals surface area (Å²) in [6.07, 6.45) is 0.739. The molecule has 1 amide bonds. The molecule has 0 aromatic heterocycles. The number of nitrogens with two attached hydrogens (primary N) is 2. The van der Waals surface area contributed by atoms with Crippen molar-refractivity contribution < 1.29 is 4.79 Å². The van der Waals surface area contributed by atoms with Crippen LogP contribution in [0.1, 0.15) is 15.9 Å². The number of hydrogen-bond donors (Lipinski definition) is 2. The van der Waals surface area contributed by atoms with E-state index in [4.69, 9.17) is 11.5 Å². The highest BCUT2D eigenvalue weighted by molar-refractivity contribution is 5.94. The maximum absolute atomic E-state index is 11.2. The Hall–Kier alpha value is -1.39. The summed E-state index contributed by atoms with van der Waals surface area (Å²) in [7, 11) is 3.95. The van der Waals surface area contributed by atoms with Gasteiger partial charge in [0.2, 0.25) is 5.91 Å². The van der Waals surface area contributed by atoms with Gasteiger partial charge in [0.25, 0.3) is 0 Å². The molecule has 88 valence electrons. The number of carbonyl (C=O) groups excluding carboxylic acids is 1. The lowest BCUT2D eigenvalue weighted by atomic mass is 9.99. The summed E-state index contributed by atoms with van der Waals surface area (Å²) in [6.45, 7) is 0.556. The molecule has 0 fully saturated rings. The van der Waals surface area contributed by atoms with E-state index >= 15 is 0 Å². The third-order valence-corrected chi connectivity index (χ3v) is 2.74.